The average Bonchev–Trinajstić information content (AvgIpc) is 2.43. The van der Waals surface area contributed by atoms with Gasteiger partial charge in [0.15, 0.2) is 0 Å². The van der Waals surface area contributed by atoms with E-state index in [0.717, 1.165) is 12.2 Å². The summed E-state index contributed by atoms with van der Waals surface area (Å²) >= 11 is 0. The molecule has 1 heteroatoms. The number of hydrogen-bond donors (Lipinski definition) is 0. The summed E-state index contributed by atoms with van der Waals surface area (Å²) in [4.78, 5) is 0. The van der Waals surface area contributed by atoms with Gasteiger partial charge in [-0.15, -0.1) is 0 Å². The van der Waals surface area contributed by atoms with Crippen LogP contribution in [-0.2, 0) is 6.42 Å². The van der Waals surface area contributed by atoms with E-state index in [1.807, 2.05) is 13.8 Å². The number of fused-ring (bicyclic) bond motifs is 1. The first-order valence-corrected chi connectivity index (χ1v) is 5.77. The second-order valence-electron chi connectivity index (χ2n) is 4.60. The first kappa shape index (κ1) is 12.1. The van der Waals surface area contributed by atoms with E-state index in [1.54, 1.807) is 0 Å². The zero-order valence-electron chi connectivity index (χ0n) is 10.8. The van der Waals surface area contributed by atoms with Gasteiger partial charge < -0.3 is 4.74 Å². The molecule has 84 valence electrons. The van der Waals surface area contributed by atoms with Crippen molar-refractivity contribution in [2.24, 2.45) is 0 Å². The van der Waals surface area contributed by atoms with Gasteiger partial charge in [-0.2, -0.15) is 0 Å². The normalized spacial score (nSPS) is 16.1. The maximum atomic E-state index is 5.86. The van der Waals surface area contributed by atoms with Crippen LogP contribution in [0.3, 0.4) is 0 Å². The Morgan fingerprint density at radius 3 is 2.33 bits per heavy atom. The lowest BCUT2D eigenvalue weighted by atomic mass is 9.97. The van der Waals surface area contributed by atoms with Crippen molar-refractivity contribution in [2.45, 2.75) is 53.6 Å². The summed E-state index contributed by atoms with van der Waals surface area (Å²) in [7, 11) is 0. The zero-order valence-corrected chi connectivity index (χ0v) is 10.8. The predicted molar refractivity (Wildman–Crippen MR) is 65.7 cm³/mol. The van der Waals surface area contributed by atoms with Crippen LogP contribution in [0.2, 0.25) is 0 Å². The molecule has 0 N–H and O–H groups in total. The Labute approximate surface area is 93.5 Å². The van der Waals surface area contributed by atoms with E-state index in [-0.39, 0.29) is 5.60 Å². The van der Waals surface area contributed by atoms with E-state index in [4.69, 9.17) is 4.74 Å². The number of ether oxygens (including phenoxy) is 1. The van der Waals surface area contributed by atoms with Crippen LogP contribution in [-0.4, -0.2) is 5.60 Å². The molecule has 1 aromatic rings. The molecule has 0 bridgehead atoms. The van der Waals surface area contributed by atoms with Crippen LogP contribution in [0, 0.1) is 13.8 Å². The molecule has 0 saturated heterocycles. The van der Waals surface area contributed by atoms with Gasteiger partial charge in [0.2, 0.25) is 0 Å². The highest BCUT2D eigenvalue weighted by molar-refractivity contribution is 5.46. The van der Waals surface area contributed by atoms with Gasteiger partial charge in [-0.1, -0.05) is 19.9 Å². The molecule has 0 radical (unpaired) electrons. The van der Waals surface area contributed by atoms with E-state index < -0.39 is 0 Å². The summed E-state index contributed by atoms with van der Waals surface area (Å²) in [6, 6.07) is 4.36. The third-order valence-corrected chi connectivity index (χ3v) is 2.57. The van der Waals surface area contributed by atoms with Gasteiger partial charge in [0.25, 0.3) is 0 Å². The lowest BCUT2D eigenvalue weighted by Crippen LogP contribution is -2.24. The Kier molecular flexibility index (Phi) is 3.43. The first-order valence-electron chi connectivity index (χ1n) is 5.77. The van der Waals surface area contributed by atoms with Crippen molar-refractivity contribution in [2.75, 3.05) is 0 Å². The number of hydrogen-bond acceptors (Lipinski definition) is 1. The van der Waals surface area contributed by atoms with E-state index in [0.29, 0.717) is 0 Å². The summed E-state index contributed by atoms with van der Waals surface area (Å²) in [5, 5.41) is 0. The molecule has 1 aliphatic rings. The Morgan fingerprint density at radius 2 is 1.73 bits per heavy atom. The van der Waals surface area contributed by atoms with Gasteiger partial charge in [-0.05, 0) is 44.9 Å². The second-order valence-corrected chi connectivity index (χ2v) is 4.60. The van der Waals surface area contributed by atoms with E-state index in [1.165, 1.54) is 16.7 Å². The van der Waals surface area contributed by atoms with E-state index in [2.05, 4.69) is 39.8 Å². The van der Waals surface area contributed by atoms with Crippen LogP contribution >= 0.6 is 0 Å². The fourth-order valence-electron chi connectivity index (χ4n) is 2.04. The minimum atomic E-state index is -0.0130. The second kappa shape index (κ2) is 4.26. The summed E-state index contributed by atoms with van der Waals surface area (Å²) in [5.41, 5.74) is 4.02. The third-order valence-electron chi connectivity index (χ3n) is 2.57. The van der Waals surface area contributed by atoms with Crippen molar-refractivity contribution >= 4 is 0 Å². The molecule has 0 unspecified atom stereocenters. The molecule has 0 aliphatic carbocycles. The van der Waals surface area contributed by atoms with Gasteiger partial charge in [0.1, 0.15) is 11.4 Å². The Bertz CT molecular complexity index is 351. The molecule has 15 heavy (non-hydrogen) atoms. The summed E-state index contributed by atoms with van der Waals surface area (Å²) in [5.74, 6) is 1.09. The molecule has 0 fully saturated rings. The number of benzene rings is 1. The van der Waals surface area contributed by atoms with Crippen LogP contribution in [0.25, 0.3) is 0 Å². The van der Waals surface area contributed by atoms with Crippen LogP contribution < -0.4 is 4.74 Å². The van der Waals surface area contributed by atoms with Crippen molar-refractivity contribution in [1.82, 2.24) is 0 Å². The molecule has 0 aromatic heterocycles. The molecular formula is C14H22O. The Morgan fingerprint density at radius 1 is 1.13 bits per heavy atom. The summed E-state index contributed by atoms with van der Waals surface area (Å²) in [6.07, 6.45) is 1.04. The van der Waals surface area contributed by atoms with Crippen molar-refractivity contribution in [3.05, 3.63) is 28.8 Å². The molecular weight excluding hydrogens is 184 g/mol. The van der Waals surface area contributed by atoms with Crippen LogP contribution in [0.15, 0.2) is 12.1 Å². The SMILES string of the molecule is CC.Cc1cc(C)c2c(c1)OC(C)(C)C2. The number of aryl methyl sites for hydroxylation is 2. The highest BCUT2D eigenvalue weighted by Gasteiger charge is 2.30. The van der Waals surface area contributed by atoms with Crippen LogP contribution in [0.1, 0.15) is 44.4 Å². The molecule has 0 atom stereocenters. The van der Waals surface area contributed by atoms with Gasteiger partial charge in [0.05, 0.1) is 0 Å². The highest BCUT2D eigenvalue weighted by atomic mass is 16.5. The van der Waals surface area contributed by atoms with E-state index >= 15 is 0 Å². The number of rotatable bonds is 0. The third kappa shape index (κ3) is 2.53. The fourth-order valence-corrected chi connectivity index (χ4v) is 2.04. The first-order chi connectivity index (χ1) is 6.98. The van der Waals surface area contributed by atoms with Crippen LogP contribution in [0.5, 0.6) is 5.75 Å². The largest absolute Gasteiger partial charge is 0.487 e. The molecule has 1 aliphatic heterocycles. The van der Waals surface area contributed by atoms with Crippen LogP contribution in [0.4, 0.5) is 0 Å². The zero-order chi connectivity index (χ0) is 11.6. The molecule has 2 rings (SSSR count). The molecule has 0 spiro atoms. The van der Waals surface area contributed by atoms with Crippen molar-refractivity contribution in [3.63, 3.8) is 0 Å². The lowest BCUT2D eigenvalue weighted by Gasteiger charge is -2.16. The molecule has 1 aromatic carbocycles. The smallest absolute Gasteiger partial charge is 0.123 e. The minimum absolute atomic E-state index is 0.0130. The molecule has 1 nitrogen and oxygen atoms in total. The fraction of sp³-hybridized carbons (Fsp3) is 0.571. The quantitative estimate of drug-likeness (QED) is 0.622. The summed E-state index contributed by atoms with van der Waals surface area (Å²) < 4.78 is 5.86. The molecule has 0 amide bonds. The Hall–Kier alpha value is -0.980. The van der Waals surface area contributed by atoms with Gasteiger partial charge in [-0.25, -0.2) is 0 Å². The highest BCUT2D eigenvalue weighted by Crippen LogP contribution is 2.37. The molecule has 0 saturated carbocycles. The average molecular weight is 206 g/mol. The standard InChI is InChI=1S/C12H16O.C2H6/c1-8-5-9(2)10-7-12(3,4)13-11(10)6-8;1-2/h5-6H,7H2,1-4H3;1-2H3. The van der Waals surface area contributed by atoms with Gasteiger partial charge >= 0.3 is 0 Å². The summed E-state index contributed by atoms with van der Waals surface area (Å²) in [6.45, 7) is 12.6. The topological polar surface area (TPSA) is 9.23 Å². The maximum absolute atomic E-state index is 5.86. The van der Waals surface area contributed by atoms with Crippen molar-refractivity contribution < 1.29 is 4.74 Å². The minimum Gasteiger partial charge on any atom is -0.487 e. The lowest BCUT2D eigenvalue weighted by molar-refractivity contribution is 0.138. The predicted octanol–water partition coefficient (Wildman–Crippen LogP) is 4.04. The van der Waals surface area contributed by atoms with Crippen molar-refractivity contribution in [1.29, 1.82) is 0 Å². The molecule has 1 heterocycles. The van der Waals surface area contributed by atoms with Gasteiger partial charge in [0, 0.05) is 12.0 Å². The Balaban J connectivity index is 0.000000531. The van der Waals surface area contributed by atoms with E-state index in [9.17, 15) is 0 Å². The maximum Gasteiger partial charge on any atom is 0.123 e. The van der Waals surface area contributed by atoms with Crippen molar-refractivity contribution in [3.8, 4) is 5.75 Å². The monoisotopic (exact) mass is 206 g/mol. The van der Waals surface area contributed by atoms with Gasteiger partial charge in [-0.3, -0.25) is 0 Å².